The number of rotatable bonds is 2. The van der Waals surface area contributed by atoms with Crippen LogP contribution in [0.25, 0.3) is 10.9 Å². The van der Waals surface area contributed by atoms with Crippen LogP contribution in [0.15, 0.2) is 54.6 Å². The van der Waals surface area contributed by atoms with Crippen LogP contribution in [0.3, 0.4) is 0 Å². The lowest BCUT2D eigenvalue weighted by atomic mass is 9.84. The zero-order chi connectivity index (χ0) is 19.1. The van der Waals surface area contributed by atoms with Gasteiger partial charge in [-0.25, -0.2) is 4.98 Å². The Bertz CT molecular complexity index is 1060. The quantitative estimate of drug-likeness (QED) is 0.642. The molecule has 2 aliphatic rings. The molecule has 6 heteroatoms. The van der Waals surface area contributed by atoms with Crippen LogP contribution in [0.5, 0.6) is 0 Å². The van der Waals surface area contributed by atoms with Crippen LogP contribution >= 0.6 is 0 Å². The number of aliphatic hydroxyl groups excluding tert-OH is 1. The van der Waals surface area contributed by atoms with Gasteiger partial charge in [0.05, 0.1) is 23.5 Å². The smallest absolute Gasteiger partial charge is 0.250 e. The molecule has 0 aliphatic carbocycles. The third-order valence-electron chi connectivity index (χ3n) is 5.85. The van der Waals surface area contributed by atoms with Gasteiger partial charge in [0.1, 0.15) is 11.4 Å². The van der Waals surface area contributed by atoms with Crippen molar-refractivity contribution in [2.45, 2.75) is 25.0 Å². The standard InChI is InChI=1S/C22H22N4O2/c27-14-16-13-15-5-1-2-6-17(15)23-20(16)26-11-9-22(10-12-26)21(28)24-18-7-3-4-8-19(18)25-22/h1-8,13,25,27H,9-12,14H2,(H,24,28). The van der Waals surface area contributed by atoms with Gasteiger partial charge in [0.2, 0.25) is 5.91 Å². The van der Waals surface area contributed by atoms with Gasteiger partial charge in [-0.1, -0.05) is 30.3 Å². The number of anilines is 3. The fourth-order valence-electron chi connectivity index (χ4n) is 4.25. The highest BCUT2D eigenvalue weighted by molar-refractivity contribution is 6.06. The number of carbonyl (C=O) groups is 1. The molecule has 2 aliphatic heterocycles. The Morgan fingerprint density at radius 1 is 1.04 bits per heavy atom. The average Bonchev–Trinajstić information content (AvgIpc) is 2.74. The summed E-state index contributed by atoms with van der Waals surface area (Å²) >= 11 is 0. The van der Waals surface area contributed by atoms with Crippen LogP contribution in [0.4, 0.5) is 17.2 Å². The Hall–Kier alpha value is -3.12. The molecule has 2 aromatic carbocycles. The number of benzene rings is 2. The molecule has 3 N–H and O–H groups in total. The molecule has 0 bridgehead atoms. The van der Waals surface area contributed by atoms with Crippen LogP contribution in [-0.4, -0.2) is 34.6 Å². The van der Waals surface area contributed by atoms with Gasteiger partial charge in [-0.15, -0.1) is 0 Å². The molecule has 1 spiro atoms. The molecule has 0 unspecified atom stereocenters. The summed E-state index contributed by atoms with van der Waals surface area (Å²) in [5.41, 5.74) is 2.94. The van der Waals surface area contributed by atoms with Crippen molar-refractivity contribution in [3.8, 4) is 0 Å². The molecule has 28 heavy (non-hydrogen) atoms. The Kier molecular flexibility index (Phi) is 3.94. The minimum atomic E-state index is -0.596. The van der Waals surface area contributed by atoms with Crippen molar-refractivity contribution in [3.63, 3.8) is 0 Å². The van der Waals surface area contributed by atoms with Gasteiger partial charge in [-0.05, 0) is 37.1 Å². The second kappa shape index (κ2) is 6.49. The Labute approximate surface area is 163 Å². The molecule has 3 aromatic rings. The van der Waals surface area contributed by atoms with Crippen molar-refractivity contribution in [2.75, 3.05) is 28.6 Å². The lowest BCUT2D eigenvalue weighted by Gasteiger charge is -2.44. The molecule has 1 aromatic heterocycles. The number of fused-ring (bicyclic) bond motifs is 2. The molecule has 0 saturated carbocycles. The lowest BCUT2D eigenvalue weighted by molar-refractivity contribution is -0.121. The highest BCUT2D eigenvalue weighted by atomic mass is 16.3. The molecular formula is C22H22N4O2. The van der Waals surface area contributed by atoms with Crippen molar-refractivity contribution < 1.29 is 9.90 Å². The topological polar surface area (TPSA) is 77.5 Å². The van der Waals surface area contributed by atoms with Crippen molar-refractivity contribution in [3.05, 3.63) is 60.2 Å². The van der Waals surface area contributed by atoms with Crippen molar-refractivity contribution >= 4 is 34.0 Å². The third kappa shape index (κ3) is 2.68. The van der Waals surface area contributed by atoms with E-state index in [1.807, 2.05) is 54.6 Å². The highest BCUT2D eigenvalue weighted by Gasteiger charge is 2.44. The van der Waals surface area contributed by atoms with Gasteiger partial charge < -0.3 is 20.6 Å². The van der Waals surface area contributed by atoms with Crippen molar-refractivity contribution in [1.29, 1.82) is 0 Å². The van der Waals surface area contributed by atoms with Crippen LogP contribution in [0.2, 0.25) is 0 Å². The maximum atomic E-state index is 12.8. The normalized spacial score (nSPS) is 17.9. The maximum Gasteiger partial charge on any atom is 0.250 e. The first-order valence-electron chi connectivity index (χ1n) is 9.62. The van der Waals surface area contributed by atoms with E-state index in [-0.39, 0.29) is 12.5 Å². The molecule has 1 fully saturated rings. The number of nitrogens with zero attached hydrogens (tertiary/aromatic N) is 2. The van der Waals surface area contributed by atoms with Gasteiger partial charge in [0.25, 0.3) is 0 Å². The largest absolute Gasteiger partial charge is 0.392 e. The maximum absolute atomic E-state index is 12.8. The monoisotopic (exact) mass is 374 g/mol. The summed E-state index contributed by atoms with van der Waals surface area (Å²) in [5, 5.41) is 17.4. The number of hydrogen-bond donors (Lipinski definition) is 3. The van der Waals surface area contributed by atoms with Crippen molar-refractivity contribution in [1.82, 2.24) is 4.98 Å². The number of para-hydroxylation sites is 3. The third-order valence-corrected chi connectivity index (χ3v) is 5.85. The predicted molar refractivity (Wildman–Crippen MR) is 111 cm³/mol. The van der Waals surface area contributed by atoms with Crippen LogP contribution in [0, 0.1) is 0 Å². The molecule has 1 amide bonds. The predicted octanol–water partition coefficient (Wildman–Crippen LogP) is 3.13. The van der Waals surface area contributed by atoms with E-state index in [0.717, 1.165) is 33.7 Å². The minimum absolute atomic E-state index is 0.0275. The van der Waals surface area contributed by atoms with E-state index in [1.54, 1.807) is 0 Å². The first kappa shape index (κ1) is 17.0. The number of piperidine rings is 1. The molecule has 1 saturated heterocycles. The molecule has 5 rings (SSSR count). The Morgan fingerprint density at radius 2 is 1.75 bits per heavy atom. The minimum Gasteiger partial charge on any atom is -0.392 e. The van der Waals surface area contributed by atoms with E-state index < -0.39 is 5.54 Å². The van der Waals surface area contributed by atoms with E-state index in [4.69, 9.17) is 4.98 Å². The number of hydrogen-bond acceptors (Lipinski definition) is 5. The zero-order valence-electron chi connectivity index (χ0n) is 15.5. The number of amides is 1. The van der Waals surface area contributed by atoms with Crippen LogP contribution in [-0.2, 0) is 11.4 Å². The number of pyridine rings is 1. The summed E-state index contributed by atoms with van der Waals surface area (Å²) in [6.07, 6.45) is 1.35. The molecule has 0 atom stereocenters. The SMILES string of the molecule is O=C1Nc2ccccc2NC12CCN(c1nc3ccccc3cc1CO)CC2. The number of carbonyl (C=O) groups excluding carboxylic acids is 1. The molecule has 6 nitrogen and oxygen atoms in total. The molecule has 142 valence electrons. The van der Waals surface area contributed by atoms with Gasteiger partial charge in [-0.3, -0.25) is 4.79 Å². The van der Waals surface area contributed by atoms with E-state index in [0.29, 0.717) is 25.9 Å². The fraction of sp³-hybridized carbons (Fsp3) is 0.273. The Morgan fingerprint density at radius 3 is 2.54 bits per heavy atom. The zero-order valence-corrected chi connectivity index (χ0v) is 15.5. The fourth-order valence-corrected chi connectivity index (χ4v) is 4.25. The van der Waals surface area contributed by atoms with E-state index >= 15 is 0 Å². The molecule has 0 radical (unpaired) electrons. The molecular weight excluding hydrogens is 352 g/mol. The van der Waals surface area contributed by atoms with Gasteiger partial charge in [0, 0.05) is 24.0 Å². The lowest BCUT2D eigenvalue weighted by Crippen LogP contribution is -2.58. The van der Waals surface area contributed by atoms with Crippen LogP contribution < -0.4 is 15.5 Å². The summed E-state index contributed by atoms with van der Waals surface area (Å²) in [5.74, 6) is 0.840. The number of nitrogens with one attached hydrogen (secondary N) is 2. The summed E-state index contributed by atoms with van der Waals surface area (Å²) in [4.78, 5) is 19.8. The summed E-state index contributed by atoms with van der Waals surface area (Å²) in [6.45, 7) is 1.34. The van der Waals surface area contributed by atoms with E-state index in [2.05, 4.69) is 15.5 Å². The average molecular weight is 374 g/mol. The second-order valence-corrected chi connectivity index (χ2v) is 7.52. The number of aliphatic hydroxyl groups is 1. The second-order valence-electron chi connectivity index (χ2n) is 7.52. The first-order chi connectivity index (χ1) is 13.7. The summed E-state index contributed by atoms with van der Waals surface area (Å²) < 4.78 is 0. The number of aromatic nitrogens is 1. The van der Waals surface area contributed by atoms with E-state index in [9.17, 15) is 9.90 Å². The van der Waals surface area contributed by atoms with Crippen molar-refractivity contribution in [2.24, 2.45) is 0 Å². The van der Waals surface area contributed by atoms with Gasteiger partial charge in [0.15, 0.2) is 0 Å². The Balaban J connectivity index is 1.42. The van der Waals surface area contributed by atoms with Gasteiger partial charge in [-0.2, -0.15) is 0 Å². The molecule has 3 heterocycles. The summed E-state index contributed by atoms with van der Waals surface area (Å²) in [6, 6.07) is 17.7. The highest BCUT2D eigenvalue weighted by Crippen LogP contribution is 2.37. The summed E-state index contributed by atoms with van der Waals surface area (Å²) in [7, 11) is 0. The first-order valence-corrected chi connectivity index (χ1v) is 9.62. The van der Waals surface area contributed by atoms with Crippen LogP contribution in [0.1, 0.15) is 18.4 Å². The van der Waals surface area contributed by atoms with E-state index in [1.165, 1.54) is 0 Å². The van der Waals surface area contributed by atoms with Gasteiger partial charge >= 0.3 is 0 Å².